The van der Waals surface area contributed by atoms with E-state index in [0.29, 0.717) is 11.5 Å². The Labute approximate surface area is 90.7 Å². The molecule has 0 amide bonds. The number of hydrogen-bond donors (Lipinski definition) is 0. The molecule has 0 bridgehead atoms. The van der Waals surface area contributed by atoms with E-state index in [4.69, 9.17) is 9.47 Å². The Hall–Kier alpha value is -0.843. The molecule has 0 atom stereocenters. The molecule has 2 nitrogen and oxygen atoms in total. The van der Waals surface area contributed by atoms with Crippen LogP contribution in [-0.4, -0.2) is 14.2 Å². The molecule has 0 radical (unpaired) electrons. The molecule has 0 saturated carbocycles. The number of hydrogen-bond acceptors (Lipinski definition) is 2. The van der Waals surface area contributed by atoms with Gasteiger partial charge in [-0.1, -0.05) is 0 Å². The summed E-state index contributed by atoms with van der Waals surface area (Å²) < 4.78 is 10.1. The van der Waals surface area contributed by atoms with Crippen LogP contribution in [0.3, 0.4) is 0 Å². The van der Waals surface area contributed by atoms with Gasteiger partial charge in [0.1, 0.15) is 0 Å². The van der Waals surface area contributed by atoms with E-state index >= 15 is 0 Å². The molecule has 0 unspecified atom stereocenters. The van der Waals surface area contributed by atoms with Crippen molar-refractivity contribution in [3.63, 3.8) is 0 Å². The van der Waals surface area contributed by atoms with E-state index in [1.165, 1.54) is 0 Å². The van der Waals surface area contributed by atoms with Crippen LogP contribution in [0.1, 0.15) is 5.56 Å². The average molecular weight is 170 g/mol. The largest absolute Gasteiger partial charge is 1.00 e. The minimum Gasteiger partial charge on any atom is -0.551 e. The van der Waals surface area contributed by atoms with Crippen LogP contribution >= 0.6 is 0 Å². The first-order chi connectivity index (χ1) is 5.81. The molecule has 0 aliphatic carbocycles. The summed E-state index contributed by atoms with van der Waals surface area (Å²) in [5.41, 5.74) is 0.965. The van der Waals surface area contributed by atoms with Crippen molar-refractivity contribution in [1.29, 1.82) is 0 Å². The van der Waals surface area contributed by atoms with Crippen LogP contribution in [0.2, 0.25) is 0 Å². The van der Waals surface area contributed by atoms with Gasteiger partial charge < -0.3 is 9.47 Å². The molecular weight excluding hydrogens is 159 g/mol. The molecule has 64 valence electrons. The third kappa shape index (κ3) is 2.84. The fourth-order valence-electron chi connectivity index (χ4n) is 0.908. The fraction of sp³-hybridized carbons (Fsp3) is 0.200. The zero-order valence-electron chi connectivity index (χ0n) is 8.26. The predicted molar refractivity (Wildman–Crippen MR) is 48.5 cm³/mol. The van der Waals surface area contributed by atoms with Gasteiger partial charge in [0.2, 0.25) is 0 Å². The second-order valence-corrected chi connectivity index (χ2v) is 2.24. The van der Waals surface area contributed by atoms with Crippen molar-refractivity contribution >= 4 is 6.08 Å². The van der Waals surface area contributed by atoms with Gasteiger partial charge in [-0.15, -0.1) is 30.4 Å². The van der Waals surface area contributed by atoms with Crippen molar-refractivity contribution in [2.45, 2.75) is 0 Å². The molecule has 0 fully saturated rings. The van der Waals surface area contributed by atoms with Gasteiger partial charge in [-0.2, -0.15) is 6.07 Å². The van der Waals surface area contributed by atoms with E-state index < -0.39 is 0 Å². The maximum absolute atomic E-state index is 5.07. The predicted octanol–water partition coefficient (Wildman–Crippen LogP) is -0.849. The summed E-state index contributed by atoms with van der Waals surface area (Å²) in [7, 11) is 3.18. The zero-order valence-corrected chi connectivity index (χ0v) is 8.26. The van der Waals surface area contributed by atoms with Crippen LogP contribution in [0.4, 0.5) is 0 Å². The van der Waals surface area contributed by atoms with Gasteiger partial charge in [0.15, 0.2) is 0 Å². The standard InChI is InChI=1S/C10H11O2.Li/c1-4-8-5-6-9(11-2)10(7-8)12-3;/h4-5,7H,1H2,2-3H3;/q-1;+1. The Balaban J connectivity index is 0.00000144. The van der Waals surface area contributed by atoms with Crippen LogP contribution in [-0.2, 0) is 0 Å². The average Bonchev–Trinajstić information content (AvgIpc) is 2.16. The quantitative estimate of drug-likeness (QED) is 0.434. The molecule has 1 rings (SSSR count). The molecule has 0 saturated heterocycles. The smallest absolute Gasteiger partial charge is 0.551 e. The first kappa shape index (κ1) is 12.2. The van der Waals surface area contributed by atoms with E-state index in [2.05, 4.69) is 12.6 Å². The Morgan fingerprint density at radius 2 is 2.08 bits per heavy atom. The van der Waals surface area contributed by atoms with Crippen molar-refractivity contribution in [3.05, 3.63) is 30.3 Å². The van der Waals surface area contributed by atoms with Gasteiger partial charge >= 0.3 is 18.9 Å². The topological polar surface area (TPSA) is 18.5 Å². The number of ether oxygens (including phenoxy) is 2. The van der Waals surface area contributed by atoms with E-state index in [1.54, 1.807) is 26.4 Å². The Morgan fingerprint density at radius 1 is 1.38 bits per heavy atom. The summed E-state index contributed by atoms with van der Waals surface area (Å²) in [6.07, 6.45) is 1.73. The van der Waals surface area contributed by atoms with Crippen LogP contribution in [0, 0.1) is 6.07 Å². The molecule has 0 spiro atoms. The van der Waals surface area contributed by atoms with Crippen molar-refractivity contribution in [3.8, 4) is 11.5 Å². The van der Waals surface area contributed by atoms with Crippen LogP contribution < -0.4 is 28.3 Å². The normalized spacial score (nSPS) is 8.46. The molecular formula is C10H11LiO2. The summed E-state index contributed by atoms with van der Waals surface area (Å²) >= 11 is 0. The second-order valence-electron chi connectivity index (χ2n) is 2.24. The summed E-state index contributed by atoms with van der Waals surface area (Å²) in [5, 5.41) is 0. The monoisotopic (exact) mass is 170 g/mol. The summed E-state index contributed by atoms with van der Waals surface area (Å²) in [5.74, 6) is 1.29. The van der Waals surface area contributed by atoms with Crippen molar-refractivity contribution in [2.24, 2.45) is 0 Å². The summed E-state index contributed by atoms with van der Waals surface area (Å²) in [6, 6.07) is 6.59. The number of methoxy groups -OCH3 is 2. The fourth-order valence-corrected chi connectivity index (χ4v) is 0.908. The van der Waals surface area contributed by atoms with Crippen LogP contribution in [0.5, 0.6) is 11.5 Å². The maximum Gasteiger partial charge on any atom is 1.00 e. The van der Waals surface area contributed by atoms with Gasteiger partial charge in [0, 0.05) is 11.5 Å². The van der Waals surface area contributed by atoms with Crippen molar-refractivity contribution in [2.75, 3.05) is 14.2 Å². The minimum absolute atomic E-state index is 0. The van der Waals surface area contributed by atoms with E-state index in [1.807, 2.05) is 6.07 Å². The first-order valence-electron chi connectivity index (χ1n) is 3.58. The maximum atomic E-state index is 5.07. The first-order valence-corrected chi connectivity index (χ1v) is 3.58. The molecule has 13 heavy (non-hydrogen) atoms. The van der Waals surface area contributed by atoms with Crippen LogP contribution in [0.15, 0.2) is 18.7 Å². The van der Waals surface area contributed by atoms with Gasteiger partial charge in [0.05, 0.1) is 14.2 Å². The Bertz CT molecular complexity index is 284. The SMILES string of the molecule is C=Cc1c[c-]c(OC)c(OC)c1.[Li+]. The molecule has 0 N–H and O–H groups in total. The molecule has 0 aliphatic rings. The van der Waals surface area contributed by atoms with Gasteiger partial charge in [-0.3, -0.25) is 0 Å². The molecule has 0 heterocycles. The Morgan fingerprint density at radius 3 is 2.54 bits per heavy atom. The van der Waals surface area contributed by atoms with E-state index in [0.717, 1.165) is 5.56 Å². The van der Waals surface area contributed by atoms with E-state index in [9.17, 15) is 0 Å². The summed E-state index contributed by atoms with van der Waals surface area (Å²) in [4.78, 5) is 0. The molecule has 1 aromatic rings. The molecule has 0 aliphatic heterocycles. The third-order valence-electron chi connectivity index (χ3n) is 1.55. The van der Waals surface area contributed by atoms with Crippen LogP contribution in [0.25, 0.3) is 6.08 Å². The van der Waals surface area contributed by atoms with Crippen molar-refractivity contribution in [1.82, 2.24) is 0 Å². The van der Waals surface area contributed by atoms with Gasteiger partial charge in [0.25, 0.3) is 0 Å². The molecule has 3 heteroatoms. The minimum atomic E-state index is 0. The number of benzene rings is 1. The second kappa shape index (κ2) is 5.74. The van der Waals surface area contributed by atoms with Gasteiger partial charge in [-0.25, -0.2) is 0 Å². The van der Waals surface area contributed by atoms with E-state index in [-0.39, 0.29) is 18.9 Å². The Kier molecular flexibility index (Phi) is 5.37. The summed E-state index contributed by atoms with van der Waals surface area (Å²) in [6.45, 7) is 3.65. The molecule has 1 aromatic carbocycles. The zero-order chi connectivity index (χ0) is 8.97. The third-order valence-corrected chi connectivity index (χ3v) is 1.55. The van der Waals surface area contributed by atoms with Crippen molar-refractivity contribution < 1.29 is 28.3 Å². The molecule has 0 aromatic heterocycles. The van der Waals surface area contributed by atoms with Gasteiger partial charge in [-0.05, 0) is 0 Å². The number of rotatable bonds is 3.